The SMILES string of the molecule is CCOc1ccc(S(=O)(=O)Nc2cc(S(=O)(=O)N3CCOCC3)ccc2OC)cc1. The zero-order valence-corrected chi connectivity index (χ0v) is 18.3. The zero-order chi connectivity index (χ0) is 21.8. The Labute approximate surface area is 176 Å². The number of ether oxygens (including phenoxy) is 3. The van der Waals surface area contributed by atoms with Gasteiger partial charge in [-0.15, -0.1) is 0 Å². The molecular formula is C19H24N2O7S2. The summed E-state index contributed by atoms with van der Waals surface area (Å²) < 4.78 is 70.9. The molecule has 9 nitrogen and oxygen atoms in total. The monoisotopic (exact) mass is 456 g/mol. The number of hydrogen-bond acceptors (Lipinski definition) is 7. The van der Waals surface area contributed by atoms with E-state index < -0.39 is 20.0 Å². The van der Waals surface area contributed by atoms with Crippen LogP contribution in [0.3, 0.4) is 0 Å². The second-order valence-corrected chi connectivity index (χ2v) is 10.0. The number of nitrogens with zero attached hydrogens (tertiary/aromatic N) is 1. The minimum absolute atomic E-state index is 0.00875. The second kappa shape index (κ2) is 9.21. The number of hydrogen-bond donors (Lipinski definition) is 1. The lowest BCUT2D eigenvalue weighted by Crippen LogP contribution is -2.40. The van der Waals surface area contributed by atoms with Gasteiger partial charge in [0.15, 0.2) is 0 Å². The van der Waals surface area contributed by atoms with E-state index in [1.54, 1.807) is 12.1 Å². The lowest BCUT2D eigenvalue weighted by Gasteiger charge is -2.26. The van der Waals surface area contributed by atoms with Crippen LogP contribution in [0.5, 0.6) is 11.5 Å². The van der Waals surface area contributed by atoms with Crippen LogP contribution in [0, 0.1) is 0 Å². The molecule has 0 bridgehead atoms. The van der Waals surface area contributed by atoms with Crippen LogP contribution in [-0.4, -0.2) is 61.2 Å². The van der Waals surface area contributed by atoms with Crippen LogP contribution >= 0.6 is 0 Å². The highest BCUT2D eigenvalue weighted by Crippen LogP contribution is 2.31. The van der Waals surface area contributed by atoms with E-state index >= 15 is 0 Å². The Morgan fingerprint density at radius 1 is 1.00 bits per heavy atom. The zero-order valence-electron chi connectivity index (χ0n) is 16.7. The standard InChI is InChI=1S/C19H24N2O7S2/c1-3-28-15-4-6-16(7-5-15)29(22,23)20-18-14-17(8-9-19(18)26-2)30(24,25)21-10-12-27-13-11-21/h4-9,14,20H,3,10-13H2,1-2H3. The van der Waals surface area contributed by atoms with Crippen molar-refractivity contribution >= 4 is 25.7 Å². The van der Waals surface area contributed by atoms with Crippen LogP contribution < -0.4 is 14.2 Å². The van der Waals surface area contributed by atoms with Crippen molar-refractivity contribution in [3.05, 3.63) is 42.5 Å². The van der Waals surface area contributed by atoms with Crippen molar-refractivity contribution in [2.24, 2.45) is 0 Å². The molecule has 0 aliphatic carbocycles. The number of nitrogens with one attached hydrogen (secondary N) is 1. The van der Waals surface area contributed by atoms with E-state index in [0.29, 0.717) is 25.6 Å². The summed E-state index contributed by atoms with van der Waals surface area (Å²) in [5.41, 5.74) is 0.0284. The molecule has 1 saturated heterocycles. The molecule has 11 heteroatoms. The fourth-order valence-corrected chi connectivity index (χ4v) is 5.44. The van der Waals surface area contributed by atoms with Gasteiger partial charge in [0.05, 0.1) is 42.4 Å². The molecule has 1 aliphatic rings. The first-order valence-electron chi connectivity index (χ1n) is 9.29. The van der Waals surface area contributed by atoms with Crippen molar-refractivity contribution in [1.29, 1.82) is 0 Å². The Balaban J connectivity index is 1.91. The Morgan fingerprint density at radius 3 is 2.23 bits per heavy atom. The number of anilines is 1. The van der Waals surface area contributed by atoms with Gasteiger partial charge in [-0.25, -0.2) is 16.8 Å². The molecule has 2 aromatic rings. The number of methoxy groups -OCH3 is 1. The Hall–Kier alpha value is -2.34. The summed E-state index contributed by atoms with van der Waals surface area (Å²) in [5, 5.41) is 0. The van der Waals surface area contributed by atoms with E-state index in [1.165, 1.54) is 41.7 Å². The van der Waals surface area contributed by atoms with Gasteiger partial charge in [-0.3, -0.25) is 4.72 Å². The van der Waals surface area contributed by atoms with Gasteiger partial charge in [0.1, 0.15) is 11.5 Å². The molecule has 1 aliphatic heterocycles. The summed E-state index contributed by atoms with van der Waals surface area (Å²) in [7, 11) is -6.40. The summed E-state index contributed by atoms with van der Waals surface area (Å²) in [6.07, 6.45) is 0. The summed E-state index contributed by atoms with van der Waals surface area (Å²) >= 11 is 0. The van der Waals surface area contributed by atoms with Crippen LogP contribution in [0.25, 0.3) is 0 Å². The highest BCUT2D eigenvalue weighted by Gasteiger charge is 2.28. The Morgan fingerprint density at radius 2 is 1.63 bits per heavy atom. The molecule has 1 N–H and O–H groups in total. The molecule has 1 heterocycles. The van der Waals surface area contributed by atoms with E-state index in [1.807, 2.05) is 6.92 Å². The van der Waals surface area contributed by atoms with Crippen molar-refractivity contribution in [2.75, 3.05) is 44.7 Å². The van der Waals surface area contributed by atoms with Gasteiger partial charge in [-0.05, 0) is 49.4 Å². The summed E-state index contributed by atoms with van der Waals surface area (Å²) in [6.45, 7) is 3.39. The van der Waals surface area contributed by atoms with Gasteiger partial charge in [-0.2, -0.15) is 4.31 Å². The third-order valence-electron chi connectivity index (χ3n) is 4.47. The molecule has 1 fully saturated rings. The molecule has 0 atom stereocenters. The van der Waals surface area contributed by atoms with E-state index in [2.05, 4.69) is 4.72 Å². The maximum absolute atomic E-state index is 12.9. The van der Waals surface area contributed by atoms with Crippen LogP contribution in [-0.2, 0) is 24.8 Å². The second-order valence-electron chi connectivity index (χ2n) is 6.39. The molecule has 30 heavy (non-hydrogen) atoms. The molecule has 0 radical (unpaired) electrons. The third kappa shape index (κ3) is 4.86. The molecule has 0 spiro atoms. The number of sulfonamides is 2. The van der Waals surface area contributed by atoms with Crippen molar-refractivity contribution in [1.82, 2.24) is 4.31 Å². The lowest BCUT2D eigenvalue weighted by molar-refractivity contribution is 0.0730. The summed E-state index contributed by atoms with van der Waals surface area (Å²) in [4.78, 5) is -0.0240. The van der Waals surface area contributed by atoms with E-state index in [0.717, 1.165) is 0 Å². The van der Waals surface area contributed by atoms with Crippen molar-refractivity contribution < 1.29 is 31.0 Å². The first-order chi connectivity index (χ1) is 14.3. The molecule has 0 aromatic heterocycles. The molecule has 0 amide bonds. The minimum Gasteiger partial charge on any atom is -0.495 e. The van der Waals surface area contributed by atoms with Crippen molar-refractivity contribution in [3.63, 3.8) is 0 Å². The van der Waals surface area contributed by atoms with Gasteiger partial charge in [0.25, 0.3) is 10.0 Å². The van der Waals surface area contributed by atoms with Gasteiger partial charge in [-0.1, -0.05) is 0 Å². The molecular weight excluding hydrogens is 432 g/mol. The van der Waals surface area contributed by atoms with Crippen LogP contribution in [0.15, 0.2) is 52.3 Å². The molecule has 0 unspecified atom stereocenters. The average Bonchev–Trinajstić information content (AvgIpc) is 2.74. The number of rotatable bonds is 8. The summed E-state index contributed by atoms with van der Waals surface area (Å²) in [5.74, 6) is 0.748. The maximum Gasteiger partial charge on any atom is 0.262 e. The maximum atomic E-state index is 12.9. The lowest BCUT2D eigenvalue weighted by atomic mass is 10.3. The number of morpholine rings is 1. The van der Waals surface area contributed by atoms with Gasteiger partial charge in [0.2, 0.25) is 10.0 Å². The van der Waals surface area contributed by atoms with Crippen LogP contribution in [0.1, 0.15) is 6.92 Å². The Bertz CT molecular complexity index is 1080. The van der Waals surface area contributed by atoms with Crippen molar-refractivity contribution in [3.8, 4) is 11.5 Å². The molecule has 0 saturated carbocycles. The topological polar surface area (TPSA) is 111 Å². The summed E-state index contributed by atoms with van der Waals surface area (Å²) in [6, 6.07) is 9.99. The fourth-order valence-electron chi connectivity index (χ4n) is 2.95. The minimum atomic E-state index is -3.98. The Kier molecular flexibility index (Phi) is 6.86. The fraction of sp³-hybridized carbons (Fsp3) is 0.368. The molecule has 3 rings (SSSR count). The predicted octanol–water partition coefficient (Wildman–Crippen LogP) is 1.92. The van der Waals surface area contributed by atoms with E-state index in [4.69, 9.17) is 14.2 Å². The van der Waals surface area contributed by atoms with Crippen molar-refractivity contribution in [2.45, 2.75) is 16.7 Å². The number of benzene rings is 2. The highest BCUT2D eigenvalue weighted by atomic mass is 32.2. The normalized spacial score (nSPS) is 15.5. The average molecular weight is 457 g/mol. The highest BCUT2D eigenvalue weighted by molar-refractivity contribution is 7.92. The first-order valence-corrected chi connectivity index (χ1v) is 12.2. The molecule has 2 aromatic carbocycles. The van der Waals surface area contributed by atoms with Gasteiger partial charge in [0, 0.05) is 13.1 Å². The van der Waals surface area contributed by atoms with Gasteiger partial charge < -0.3 is 14.2 Å². The first kappa shape index (κ1) is 22.3. The van der Waals surface area contributed by atoms with E-state index in [-0.39, 0.29) is 34.3 Å². The predicted molar refractivity (Wildman–Crippen MR) is 111 cm³/mol. The van der Waals surface area contributed by atoms with Gasteiger partial charge >= 0.3 is 0 Å². The molecule has 164 valence electrons. The van der Waals surface area contributed by atoms with Crippen LogP contribution in [0.2, 0.25) is 0 Å². The van der Waals surface area contributed by atoms with E-state index in [9.17, 15) is 16.8 Å². The van der Waals surface area contributed by atoms with Crippen LogP contribution in [0.4, 0.5) is 5.69 Å². The largest absolute Gasteiger partial charge is 0.495 e. The quantitative estimate of drug-likeness (QED) is 0.646. The third-order valence-corrected chi connectivity index (χ3v) is 7.74. The smallest absolute Gasteiger partial charge is 0.262 e.